The SMILES string of the molecule is CCC1CCCC(C(O)Cc2ccc3ccccc3n2)C1. The van der Waals surface area contributed by atoms with Crippen molar-refractivity contribution in [1.29, 1.82) is 0 Å². The summed E-state index contributed by atoms with van der Waals surface area (Å²) in [5.74, 6) is 1.26. The zero-order chi connectivity index (χ0) is 14.7. The fraction of sp³-hybridized carbons (Fsp3) is 0.526. The largest absolute Gasteiger partial charge is 0.392 e. The van der Waals surface area contributed by atoms with Crippen LogP contribution in [-0.4, -0.2) is 16.2 Å². The Balaban J connectivity index is 1.69. The first kappa shape index (κ1) is 14.5. The van der Waals surface area contributed by atoms with Crippen LogP contribution < -0.4 is 0 Å². The molecular formula is C19H25NO. The van der Waals surface area contributed by atoms with Crippen LogP contribution in [0.3, 0.4) is 0 Å². The quantitative estimate of drug-likeness (QED) is 0.904. The molecule has 2 aromatic rings. The standard InChI is InChI=1S/C19H25NO/c1-2-14-6-5-8-16(12-14)19(21)13-17-11-10-15-7-3-4-9-18(15)20-17/h3-4,7,9-11,14,16,19,21H,2,5-6,8,12-13H2,1H3. The number of fused-ring (bicyclic) bond motifs is 1. The monoisotopic (exact) mass is 283 g/mol. The molecule has 1 aliphatic rings. The van der Waals surface area contributed by atoms with Gasteiger partial charge in [0.1, 0.15) is 0 Å². The van der Waals surface area contributed by atoms with E-state index in [1.807, 2.05) is 18.2 Å². The number of pyridine rings is 1. The Morgan fingerprint density at radius 2 is 2.05 bits per heavy atom. The number of para-hydroxylation sites is 1. The molecule has 1 heterocycles. The number of aliphatic hydroxyl groups excluding tert-OH is 1. The van der Waals surface area contributed by atoms with E-state index in [9.17, 15) is 5.11 Å². The van der Waals surface area contributed by atoms with Gasteiger partial charge in [-0.2, -0.15) is 0 Å². The summed E-state index contributed by atoms with van der Waals surface area (Å²) in [5.41, 5.74) is 2.04. The number of aromatic nitrogens is 1. The summed E-state index contributed by atoms with van der Waals surface area (Å²) in [7, 11) is 0. The van der Waals surface area contributed by atoms with Crippen molar-refractivity contribution in [2.75, 3.05) is 0 Å². The van der Waals surface area contributed by atoms with Gasteiger partial charge in [-0.3, -0.25) is 4.98 Å². The second kappa shape index (κ2) is 6.57. The van der Waals surface area contributed by atoms with E-state index in [1.165, 1.54) is 37.5 Å². The molecule has 0 radical (unpaired) electrons. The molecule has 1 aromatic carbocycles. The maximum Gasteiger partial charge on any atom is 0.0705 e. The lowest BCUT2D eigenvalue weighted by molar-refractivity contribution is 0.0678. The molecule has 2 heteroatoms. The minimum absolute atomic E-state index is 0.243. The highest BCUT2D eigenvalue weighted by Crippen LogP contribution is 2.33. The summed E-state index contributed by atoms with van der Waals surface area (Å²) < 4.78 is 0. The Bertz CT molecular complexity index is 595. The molecule has 1 saturated carbocycles. The fourth-order valence-corrected chi connectivity index (χ4v) is 3.66. The second-order valence-corrected chi connectivity index (χ2v) is 6.47. The van der Waals surface area contributed by atoms with Crippen LogP contribution in [0.4, 0.5) is 0 Å². The van der Waals surface area contributed by atoms with Crippen LogP contribution in [0.2, 0.25) is 0 Å². The third kappa shape index (κ3) is 3.44. The molecule has 112 valence electrons. The highest BCUT2D eigenvalue weighted by Gasteiger charge is 2.26. The van der Waals surface area contributed by atoms with Crippen LogP contribution in [-0.2, 0) is 6.42 Å². The summed E-state index contributed by atoms with van der Waals surface area (Å²) in [5, 5.41) is 11.7. The van der Waals surface area contributed by atoms with E-state index in [0.717, 1.165) is 17.1 Å². The van der Waals surface area contributed by atoms with Gasteiger partial charge in [0.2, 0.25) is 0 Å². The Morgan fingerprint density at radius 1 is 1.19 bits per heavy atom. The Labute approximate surface area is 127 Å². The van der Waals surface area contributed by atoms with Crippen molar-refractivity contribution in [3.63, 3.8) is 0 Å². The number of aliphatic hydroxyl groups is 1. The van der Waals surface area contributed by atoms with E-state index in [0.29, 0.717) is 12.3 Å². The van der Waals surface area contributed by atoms with Gasteiger partial charge in [0, 0.05) is 17.5 Å². The van der Waals surface area contributed by atoms with Crippen molar-refractivity contribution >= 4 is 10.9 Å². The highest BCUT2D eigenvalue weighted by atomic mass is 16.3. The van der Waals surface area contributed by atoms with Gasteiger partial charge in [-0.15, -0.1) is 0 Å². The third-order valence-corrected chi connectivity index (χ3v) is 5.02. The zero-order valence-electron chi connectivity index (χ0n) is 12.8. The van der Waals surface area contributed by atoms with Crippen molar-refractivity contribution in [2.24, 2.45) is 11.8 Å². The van der Waals surface area contributed by atoms with Crippen molar-refractivity contribution in [3.8, 4) is 0 Å². The van der Waals surface area contributed by atoms with Gasteiger partial charge >= 0.3 is 0 Å². The normalized spacial score (nSPS) is 24.1. The maximum atomic E-state index is 10.6. The highest BCUT2D eigenvalue weighted by molar-refractivity contribution is 5.78. The molecule has 21 heavy (non-hydrogen) atoms. The molecule has 3 rings (SSSR count). The average molecular weight is 283 g/mol. The second-order valence-electron chi connectivity index (χ2n) is 6.47. The van der Waals surface area contributed by atoms with Gasteiger partial charge in [-0.05, 0) is 36.8 Å². The predicted molar refractivity (Wildman–Crippen MR) is 87.2 cm³/mol. The van der Waals surface area contributed by atoms with Gasteiger partial charge in [0.15, 0.2) is 0 Å². The summed E-state index contributed by atoms with van der Waals surface area (Å²) in [6.07, 6.45) is 6.66. The van der Waals surface area contributed by atoms with Gasteiger partial charge < -0.3 is 5.11 Å². The van der Waals surface area contributed by atoms with Crippen molar-refractivity contribution in [1.82, 2.24) is 4.98 Å². The zero-order valence-corrected chi connectivity index (χ0v) is 12.8. The number of hydrogen-bond acceptors (Lipinski definition) is 2. The molecule has 3 unspecified atom stereocenters. The van der Waals surface area contributed by atoms with Crippen LogP contribution in [0.25, 0.3) is 10.9 Å². The molecule has 0 aliphatic heterocycles. The van der Waals surface area contributed by atoms with Crippen molar-refractivity contribution in [2.45, 2.75) is 51.6 Å². The molecule has 1 fully saturated rings. The molecule has 2 nitrogen and oxygen atoms in total. The molecule has 1 aliphatic carbocycles. The van der Waals surface area contributed by atoms with Gasteiger partial charge in [0.25, 0.3) is 0 Å². The fourth-order valence-electron chi connectivity index (χ4n) is 3.66. The first-order valence-corrected chi connectivity index (χ1v) is 8.29. The molecule has 0 bridgehead atoms. The van der Waals surface area contributed by atoms with Crippen LogP contribution in [0.5, 0.6) is 0 Å². The minimum atomic E-state index is -0.243. The number of nitrogens with zero attached hydrogens (tertiary/aromatic N) is 1. The molecule has 0 spiro atoms. The van der Waals surface area contributed by atoms with Gasteiger partial charge in [-0.25, -0.2) is 0 Å². The lowest BCUT2D eigenvalue weighted by atomic mass is 9.77. The molecule has 1 aromatic heterocycles. The lowest BCUT2D eigenvalue weighted by Crippen LogP contribution is -2.28. The van der Waals surface area contributed by atoms with E-state index in [2.05, 4.69) is 30.1 Å². The van der Waals surface area contributed by atoms with Crippen LogP contribution in [0.1, 0.15) is 44.7 Å². The summed E-state index contributed by atoms with van der Waals surface area (Å²) >= 11 is 0. The van der Waals surface area contributed by atoms with Crippen molar-refractivity contribution in [3.05, 3.63) is 42.1 Å². The van der Waals surface area contributed by atoms with E-state index < -0.39 is 0 Å². The van der Waals surface area contributed by atoms with Crippen LogP contribution in [0.15, 0.2) is 36.4 Å². The Hall–Kier alpha value is -1.41. The van der Waals surface area contributed by atoms with Crippen LogP contribution >= 0.6 is 0 Å². The van der Waals surface area contributed by atoms with E-state index >= 15 is 0 Å². The van der Waals surface area contributed by atoms with E-state index in [-0.39, 0.29) is 6.10 Å². The Kier molecular flexibility index (Phi) is 4.54. The number of benzene rings is 1. The maximum absolute atomic E-state index is 10.6. The first-order chi connectivity index (χ1) is 10.3. The number of rotatable bonds is 4. The Morgan fingerprint density at radius 3 is 2.90 bits per heavy atom. The molecule has 0 amide bonds. The molecule has 0 saturated heterocycles. The third-order valence-electron chi connectivity index (χ3n) is 5.02. The summed E-state index contributed by atoms with van der Waals surface area (Å²) in [6, 6.07) is 12.3. The smallest absolute Gasteiger partial charge is 0.0705 e. The van der Waals surface area contributed by atoms with Crippen LogP contribution in [0, 0.1) is 11.8 Å². The average Bonchev–Trinajstić information content (AvgIpc) is 2.54. The molecular weight excluding hydrogens is 258 g/mol. The summed E-state index contributed by atoms with van der Waals surface area (Å²) in [4.78, 5) is 4.69. The molecule has 3 atom stereocenters. The summed E-state index contributed by atoms with van der Waals surface area (Å²) in [6.45, 7) is 2.27. The van der Waals surface area contributed by atoms with E-state index in [4.69, 9.17) is 0 Å². The van der Waals surface area contributed by atoms with Gasteiger partial charge in [-0.1, -0.05) is 50.5 Å². The van der Waals surface area contributed by atoms with E-state index in [1.54, 1.807) is 0 Å². The topological polar surface area (TPSA) is 33.1 Å². The first-order valence-electron chi connectivity index (χ1n) is 8.29. The minimum Gasteiger partial charge on any atom is -0.392 e. The van der Waals surface area contributed by atoms with Crippen molar-refractivity contribution < 1.29 is 5.11 Å². The lowest BCUT2D eigenvalue weighted by Gasteiger charge is -2.31. The molecule has 1 N–H and O–H groups in total. The van der Waals surface area contributed by atoms with Gasteiger partial charge in [0.05, 0.1) is 11.6 Å². The predicted octanol–water partition coefficient (Wildman–Crippen LogP) is 4.35. The number of hydrogen-bond donors (Lipinski definition) is 1.